The van der Waals surface area contributed by atoms with Gasteiger partial charge in [-0.15, -0.1) is 10.2 Å². The predicted octanol–water partition coefficient (Wildman–Crippen LogP) is 4.05. The number of carbonyl (C=O) groups excluding carboxylic acids is 1. The van der Waals surface area contributed by atoms with Gasteiger partial charge in [-0.1, -0.05) is 42.1 Å². The standard InChI is InChI=1S/C21H19FN4OS/c1-13-7-8-15(10-17(13)22)11-23-20(27)12-28-21-25-24-19-9-14(2)16-5-3-4-6-18(16)26(19)21/h3-10H,11-12H2,1-2H3,(H,23,27). The van der Waals surface area contributed by atoms with Gasteiger partial charge in [0.05, 0.1) is 11.3 Å². The molecule has 0 radical (unpaired) electrons. The lowest BCUT2D eigenvalue weighted by atomic mass is 10.1. The normalized spacial score (nSPS) is 11.2. The zero-order valence-electron chi connectivity index (χ0n) is 15.6. The molecule has 5 nitrogen and oxygen atoms in total. The SMILES string of the molecule is Cc1ccc(CNC(=O)CSc2nnc3cc(C)c4ccccc4n23)cc1F. The number of nitrogens with one attached hydrogen (secondary N) is 1. The number of rotatable bonds is 5. The number of amides is 1. The number of fused-ring (bicyclic) bond motifs is 3. The van der Waals surface area contributed by atoms with E-state index in [1.54, 1.807) is 13.0 Å². The van der Waals surface area contributed by atoms with Crippen LogP contribution < -0.4 is 5.32 Å². The van der Waals surface area contributed by atoms with Gasteiger partial charge in [-0.05, 0) is 48.7 Å². The number of pyridine rings is 1. The molecule has 2 aromatic carbocycles. The summed E-state index contributed by atoms with van der Waals surface area (Å²) in [5.41, 5.74) is 4.23. The lowest BCUT2D eigenvalue weighted by Gasteiger charge is -2.08. The van der Waals surface area contributed by atoms with Gasteiger partial charge in [0.1, 0.15) is 5.82 Å². The topological polar surface area (TPSA) is 59.3 Å². The Morgan fingerprint density at radius 1 is 1.11 bits per heavy atom. The van der Waals surface area contributed by atoms with E-state index in [1.165, 1.54) is 17.8 Å². The Hall–Kier alpha value is -2.93. The quantitative estimate of drug-likeness (QED) is 0.519. The number of halogens is 1. The van der Waals surface area contributed by atoms with Crippen LogP contribution in [0.15, 0.2) is 53.7 Å². The Kier molecular flexibility index (Phi) is 5.00. The van der Waals surface area contributed by atoms with E-state index >= 15 is 0 Å². The Bertz CT molecular complexity index is 1190. The van der Waals surface area contributed by atoms with Gasteiger partial charge in [-0.3, -0.25) is 9.20 Å². The molecule has 0 spiro atoms. The lowest BCUT2D eigenvalue weighted by Crippen LogP contribution is -2.24. The number of para-hydroxylation sites is 1. The van der Waals surface area contributed by atoms with E-state index in [9.17, 15) is 9.18 Å². The van der Waals surface area contributed by atoms with Crippen molar-refractivity contribution in [1.29, 1.82) is 0 Å². The van der Waals surface area contributed by atoms with E-state index < -0.39 is 0 Å². The molecule has 7 heteroatoms. The summed E-state index contributed by atoms with van der Waals surface area (Å²) in [6.07, 6.45) is 0. The number of aromatic nitrogens is 3. The number of benzene rings is 2. The van der Waals surface area contributed by atoms with E-state index in [4.69, 9.17) is 0 Å². The van der Waals surface area contributed by atoms with Crippen LogP contribution in [0.4, 0.5) is 4.39 Å². The average molecular weight is 394 g/mol. The van der Waals surface area contributed by atoms with Crippen LogP contribution in [0.3, 0.4) is 0 Å². The van der Waals surface area contributed by atoms with Crippen molar-refractivity contribution in [3.8, 4) is 0 Å². The Labute approximate surface area is 166 Å². The van der Waals surface area contributed by atoms with E-state index in [0.29, 0.717) is 17.3 Å². The van der Waals surface area contributed by atoms with Crippen LogP contribution in [0, 0.1) is 19.7 Å². The first-order chi connectivity index (χ1) is 13.5. The smallest absolute Gasteiger partial charge is 0.230 e. The van der Waals surface area contributed by atoms with Gasteiger partial charge >= 0.3 is 0 Å². The van der Waals surface area contributed by atoms with Crippen LogP contribution in [0.1, 0.15) is 16.7 Å². The summed E-state index contributed by atoms with van der Waals surface area (Å²) in [6, 6.07) is 15.0. The van der Waals surface area contributed by atoms with Crippen molar-refractivity contribution in [3.05, 3.63) is 71.0 Å². The molecule has 2 aromatic heterocycles. The first-order valence-corrected chi connectivity index (χ1v) is 9.89. The second-order valence-electron chi connectivity index (χ2n) is 6.67. The van der Waals surface area contributed by atoms with Crippen molar-refractivity contribution in [2.24, 2.45) is 0 Å². The molecule has 0 atom stereocenters. The minimum absolute atomic E-state index is 0.140. The van der Waals surface area contributed by atoms with Crippen molar-refractivity contribution in [2.45, 2.75) is 25.5 Å². The Balaban J connectivity index is 1.47. The van der Waals surface area contributed by atoms with E-state index in [0.717, 1.165) is 27.7 Å². The molecule has 4 aromatic rings. The zero-order chi connectivity index (χ0) is 19.7. The summed E-state index contributed by atoms with van der Waals surface area (Å²) in [4.78, 5) is 12.2. The number of thioether (sulfide) groups is 1. The van der Waals surface area contributed by atoms with Crippen molar-refractivity contribution < 1.29 is 9.18 Å². The van der Waals surface area contributed by atoms with Crippen LogP contribution in [0.5, 0.6) is 0 Å². The summed E-state index contributed by atoms with van der Waals surface area (Å²) in [5.74, 6) is -0.200. The highest BCUT2D eigenvalue weighted by atomic mass is 32.2. The van der Waals surface area contributed by atoms with Crippen molar-refractivity contribution >= 4 is 34.2 Å². The number of aryl methyl sites for hydroxylation is 2. The maximum absolute atomic E-state index is 13.6. The molecule has 0 bridgehead atoms. The van der Waals surface area contributed by atoms with Crippen LogP contribution in [-0.2, 0) is 11.3 Å². The first kappa shape index (κ1) is 18.4. The van der Waals surface area contributed by atoms with Gasteiger partial charge < -0.3 is 5.32 Å². The fourth-order valence-electron chi connectivity index (χ4n) is 3.10. The Morgan fingerprint density at radius 2 is 1.93 bits per heavy atom. The summed E-state index contributed by atoms with van der Waals surface area (Å²) >= 11 is 1.33. The molecule has 0 saturated heterocycles. The van der Waals surface area contributed by atoms with Crippen LogP contribution in [0.25, 0.3) is 16.6 Å². The minimum Gasteiger partial charge on any atom is -0.351 e. The highest BCUT2D eigenvalue weighted by Gasteiger charge is 2.13. The van der Waals surface area contributed by atoms with E-state index in [1.807, 2.05) is 41.7 Å². The number of carbonyl (C=O) groups is 1. The van der Waals surface area contributed by atoms with Gasteiger partial charge in [0.2, 0.25) is 5.91 Å². The number of hydrogen-bond donors (Lipinski definition) is 1. The molecule has 4 rings (SSSR count). The van der Waals surface area contributed by atoms with Gasteiger partial charge in [0.15, 0.2) is 10.8 Å². The predicted molar refractivity (Wildman–Crippen MR) is 109 cm³/mol. The minimum atomic E-state index is -0.266. The lowest BCUT2D eigenvalue weighted by molar-refractivity contribution is -0.118. The van der Waals surface area contributed by atoms with Gasteiger partial charge in [0, 0.05) is 11.9 Å². The maximum Gasteiger partial charge on any atom is 0.230 e. The van der Waals surface area contributed by atoms with Gasteiger partial charge in [-0.2, -0.15) is 0 Å². The third-order valence-electron chi connectivity index (χ3n) is 4.63. The second kappa shape index (κ2) is 7.59. The third kappa shape index (κ3) is 3.57. The molecule has 28 heavy (non-hydrogen) atoms. The highest BCUT2D eigenvalue weighted by molar-refractivity contribution is 7.99. The third-order valence-corrected chi connectivity index (χ3v) is 5.56. The molecular weight excluding hydrogens is 375 g/mol. The largest absolute Gasteiger partial charge is 0.351 e. The second-order valence-corrected chi connectivity index (χ2v) is 7.61. The van der Waals surface area contributed by atoms with Crippen molar-refractivity contribution in [1.82, 2.24) is 19.9 Å². The fraction of sp³-hybridized carbons (Fsp3) is 0.190. The molecule has 1 N–H and O–H groups in total. The Morgan fingerprint density at radius 3 is 2.75 bits per heavy atom. The van der Waals surface area contributed by atoms with Gasteiger partial charge in [-0.25, -0.2) is 4.39 Å². The molecule has 0 aliphatic carbocycles. The van der Waals surface area contributed by atoms with E-state index in [2.05, 4.69) is 21.6 Å². The average Bonchev–Trinajstić information content (AvgIpc) is 3.10. The van der Waals surface area contributed by atoms with E-state index in [-0.39, 0.29) is 17.5 Å². The van der Waals surface area contributed by atoms with Crippen LogP contribution in [-0.4, -0.2) is 26.3 Å². The van der Waals surface area contributed by atoms with Crippen LogP contribution >= 0.6 is 11.8 Å². The summed E-state index contributed by atoms with van der Waals surface area (Å²) in [5, 5.41) is 13.1. The van der Waals surface area contributed by atoms with Crippen molar-refractivity contribution in [2.75, 3.05) is 5.75 Å². The molecule has 0 aliphatic rings. The zero-order valence-corrected chi connectivity index (χ0v) is 16.4. The number of hydrogen-bond acceptors (Lipinski definition) is 4. The van der Waals surface area contributed by atoms with Crippen LogP contribution in [0.2, 0.25) is 0 Å². The maximum atomic E-state index is 13.6. The number of nitrogens with zero attached hydrogens (tertiary/aromatic N) is 3. The summed E-state index contributed by atoms with van der Waals surface area (Å²) < 4.78 is 15.6. The summed E-state index contributed by atoms with van der Waals surface area (Å²) in [6.45, 7) is 4.05. The summed E-state index contributed by atoms with van der Waals surface area (Å²) in [7, 11) is 0. The van der Waals surface area contributed by atoms with Gasteiger partial charge in [0.25, 0.3) is 0 Å². The first-order valence-electron chi connectivity index (χ1n) is 8.91. The molecule has 1 amide bonds. The molecule has 0 fully saturated rings. The molecule has 2 heterocycles. The monoisotopic (exact) mass is 394 g/mol. The van der Waals surface area contributed by atoms with Crippen molar-refractivity contribution in [3.63, 3.8) is 0 Å². The molecule has 0 aliphatic heterocycles. The molecule has 0 saturated carbocycles. The highest BCUT2D eigenvalue weighted by Crippen LogP contribution is 2.25. The molecule has 0 unspecified atom stereocenters. The molecular formula is C21H19FN4OS. The fourth-order valence-corrected chi connectivity index (χ4v) is 3.88. The molecule has 142 valence electrons.